The van der Waals surface area contributed by atoms with Gasteiger partial charge in [0, 0.05) is 32.3 Å². The number of phenolic OH excluding ortho intramolecular Hbond substituents is 1. The first-order valence-electron chi connectivity index (χ1n) is 7.95. The number of hydrogen-bond donors (Lipinski definition) is 1. The van der Waals surface area contributed by atoms with Gasteiger partial charge in [0.15, 0.2) is 11.5 Å². The molecule has 0 saturated heterocycles. The Morgan fingerprint density at radius 1 is 1.26 bits per heavy atom. The smallest absolute Gasteiger partial charge is 0.165 e. The molecule has 0 spiro atoms. The summed E-state index contributed by atoms with van der Waals surface area (Å²) < 4.78 is 11.0. The van der Waals surface area contributed by atoms with E-state index in [1.807, 2.05) is 12.1 Å². The van der Waals surface area contributed by atoms with Crippen molar-refractivity contribution in [2.75, 3.05) is 33.4 Å². The number of aryl methyl sites for hydroxylation is 1. The molecule has 0 fully saturated rings. The highest BCUT2D eigenvalue weighted by Crippen LogP contribution is 2.38. The molecule has 2 aromatic rings. The molecule has 0 atom stereocenters. The van der Waals surface area contributed by atoms with Crippen LogP contribution < -0.4 is 4.74 Å². The van der Waals surface area contributed by atoms with E-state index in [9.17, 15) is 5.11 Å². The Balaban J connectivity index is 1.96. The Kier molecular flexibility index (Phi) is 4.84. The van der Waals surface area contributed by atoms with Crippen LogP contribution in [-0.4, -0.2) is 43.4 Å². The normalized spacial score (nSPS) is 14.9. The van der Waals surface area contributed by atoms with Gasteiger partial charge in [0.2, 0.25) is 0 Å². The molecule has 0 aromatic heterocycles. The number of fused-ring (bicyclic) bond motifs is 1. The number of aromatic hydroxyl groups is 1. The molecule has 4 heteroatoms. The van der Waals surface area contributed by atoms with E-state index in [0.717, 1.165) is 36.3 Å². The molecule has 1 N–H and O–H groups in total. The molecule has 1 heterocycles. The summed E-state index contributed by atoms with van der Waals surface area (Å²) in [6, 6.07) is 12.1. The van der Waals surface area contributed by atoms with Gasteiger partial charge in [-0.15, -0.1) is 0 Å². The molecule has 4 nitrogen and oxygen atoms in total. The number of rotatable bonds is 4. The van der Waals surface area contributed by atoms with Crippen molar-refractivity contribution in [2.45, 2.75) is 13.5 Å². The van der Waals surface area contributed by atoms with Gasteiger partial charge in [-0.3, -0.25) is 4.90 Å². The average Bonchev–Trinajstić information content (AvgIpc) is 2.75. The number of phenols is 1. The number of hydrogen-bond acceptors (Lipinski definition) is 4. The summed E-state index contributed by atoms with van der Waals surface area (Å²) in [5.41, 5.74) is 4.38. The van der Waals surface area contributed by atoms with Crippen LogP contribution in [0.1, 0.15) is 11.1 Å². The minimum atomic E-state index is 0.217. The van der Waals surface area contributed by atoms with E-state index in [1.165, 1.54) is 5.56 Å². The SMILES string of the molecule is COCCN1CCOc2c(O)cc(-c3ccccc3C)cc2C1. The second-order valence-electron chi connectivity index (χ2n) is 5.92. The lowest BCUT2D eigenvalue weighted by Gasteiger charge is -2.19. The highest BCUT2D eigenvalue weighted by atomic mass is 16.5. The van der Waals surface area contributed by atoms with Gasteiger partial charge in [0.05, 0.1) is 6.61 Å². The van der Waals surface area contributed by atoms with E-state index in [1.54, 1.807) is 13.2 Å². The van der Waals surface area contributed by atoms with Crippen LogP contribution in [0.2, 0.25) is 0 Å². The largest absolute Gasteiger partial charge is 0.504 e. The summed E-state index contributed by atoms with van der Waals surface area (Å²) in [5.74, 6) is 0.830. The molecular weight excluding hydrogens is 290 g/mol. The first-order chi connectivity index (χ1) is 11.2. The first-order valence-corrected chi connectivity index (χ1v) is 7.95. The summed E-state index contributed by atoms with van der Waals surface area (Å²) in [4.78, 5) is 2.29. The average molecular weight is 313 g/mol. The Labute approximate surface area is 137 Å². The quantitative estimate of drug-likeness (QED) is 0.941. The van der Waals surface area contributed by atoms with Crippen LogP contribution in [0, 0.1) is 6.92 Å². The molecule has 0 radical (unpaired) electrons. The highest BCUT2D eigenvalue weighted by Gasteiger charge is 2.19. The predicted molar refractivity (Wildman–Crippen MR) is 90.9 cm³/mol. The molecule has 0 aliphatic carbocycles. The second kappa shape index (κ2) is 7.02. The Bertz CT molecular complexity index is 684. The van der Waals surface area contributed by atoms with Crippen molar-refractivity contribution in [2.24, 2.45) is 0 Å². The van der Waals surface area contributed by atoms with Crippen molar-refractivity contribution in [3.8, 4) is 22.6 Å². The number of ether oxygens (including phenoxy) is 2. The van der Waals surface area contributed by atoms with Crippen molar-refractivity contribution in [1.82, 2.24) is 4.90 Å². The van der Waals surface area contributed by atoms with Crippen LogP contribution in [-0.2, 0) is 11.3 Å². The molecule has 0 amide bonds. The predicted octanol–water partition coefficient (Wildman–Crippen LogP) is 3.21. The van der Waals surface area contributed by atoms with Crippen LogP contribution in [0.5, 0.6) is 11.5 Å². The minimum Gasteiger partial charge on any atom is -0.504 e. The molecule has 0 bridgehead atoms. The van der Waals surface area contributed by atoms with Crippen LogP contribution in [0.25, 0.3) is 11.1 Å². The number of nitrogens with zero attached hydrogens (tertiary/aromatic N) is 1. The van der Waals surface area contributed by atoms with Gasteiger partial charge in [-0.05, 0) is 35.7 Å². The van der Waals surface area contributed by atoms with Gasteiger partial charge in [-0.2, -0.15) is 0 Å². The number of methoxy groups -OCH3 is 1. The molecule has 0 saturated carbocycles. The van der Waals surface area contributed by atoms with Crippen molar-refractivity contribution in [3.05, 3.63) is 47.5 Å². The van der Waals surface area contributed by atoms with Gasteiger partial charge in [-0.25, -0.2) is 0 Å². The number of benzene rings is 2. The third kappa shape index (κ3) is 3.49. The van der Waals surface area contributed by atoms with Gasteiger partial charge in [0.1, 0.15) is 6.61 Å². The Hall–Kier alpha value is -2.04. The van der Waals surface area contributed by atoms with Crippen molar-refractivity contribution < 1.29 is 14.6 Å². The molecule has 1 aliphatic heterocycles. The minimum absolute atomic E-state index is 0.217. The molecule has 2 aromatic carbocycles. The Morgan fingerprint density at radius 3 is 2.87 bits per heavy atom. The summed E-state index contributed by atoms with van der Waals surface area (Å²) >= 11 is 0. The second-order valence-corrected chi connectivity index (χ2v) is 5.92. The van der Waals surface area contributed by atoms with E-state index in [0.29, 0.717) is 19.0 Å². The lowest BCUT2D eigenvalue weighted by atomic mass is 9.98. The van der Waals surface area contributed by atoms with E-state index in [2.05, 4.69) is 30.0 Å². The lowest BCUT2D eigenvalue weighted by molar-refractivity contribution is 0.138. The molecular formula is C19H23NO3. The highest BCUT2D eigenvalue weighted by molar-refractivity contribution is 5.71. The third-order valence-corrected chi connectivity index (χ3v) is 4.26. The standard InChI is InChI=1S/C19H23NO3/c1-14-5-3-4-6-17(14)15-11-16-13-20(7-9-22-2)8-10-23-19(16)18(21)12-15/h3-6,11-12,21H,7-10,13H2,1-2H3. The van der Waals surface area contributed by atoms with Crippen molar-refractivity contribution in [3.63, 3.8) is 0 Å². The third-order valence-electron chi connectivity index (χ3n) is 4.26. The van der Waals surface area contributed by atoms with Crippen molar-refractivity contribution >= 4 is 0 Å². The van der Waals surface area contributed by atoms with Gasteiger partial charge >= 0.3 is 0 Å². The molecule has 1 aliphatic rings. The summed E-state index contributed by atoms with van der Waals surface area (Å²) in [7, 11) is 1.71. The van der Waals surface area contributed by atoms with Crippen LogP contribution >= 0.6 is 0 Å². The molecule has 122 valence electrons. The molecule has 3 rings (SSSR count). The van der Waals surface area contributed by atoms with E-state index in [-0.39, 0.29) is 5.75 Å². The molecule has 0 unspecified atom stereocenters. The van der Waals surface area contributed by atoms with Crippen LogP contribution in [0.4, 0.5) is 0 Å². The summed E-state index contributed by atoms with van der Waals surface area (Å²) in [6.07, 6.45) is 0. The summed E-state index contributed by atoms with van der Waals surface area (Å²) in [6.45, 7) is 5.80. The maximum atomic E-state index is 10.4. The zero-order chi connectivity index (χ0) is 16.2. The maximum absolute atomic E-state index is 10.4. The van der Waals surface area contributed by atoms with Crippen LogP contribution in [0.3, 0.4) is 0 Å². The zero-order valence-electron chi connectivity index (χ0n) is 13.7. The Morgan fingerprint density at radius 2 is 2.09 bits per heavy atom. The lowest BCUT2D eigenvalue weighted by Crippen LogP contribution is -2.29. The maximum Gasteiger partial charge on any atom is 0.165 e. The van der Waals surface area contributed by atoms with Gasteiger partial charge in [-0.1, -0.05) is 24.3 Å². The fourth-order valence-corrected chi connectivity index (χ4v) is 3.02. The van der Waals surface area contributed by atoms with E-state index >= 15 is 0 Å². The van der Waals surface area contributed by atoms with E-state index < -0.39 is 0 Å². The van der Waals surface area contributed by atoms with Gasteiger partial charge in [0.25, 0.3) is 0 Å². The molecule has 23 heavy (non-hydrogen) atoms. The fraction of sp³-hybridized carbons (Fsp3) is 0.368. The van der Waals surface area contributed by atoms with Crippen molar-refractivity contribution in [1.29, 1.82) is 0 Å². The van der Waals surface area contributed by atoms with Gasteiger partial charge < -0.3 is 14.6 Å². The fourth-order valence-electron chi connectivity index (χ4n) is 3.02. The van der Waals surface area contributed by atoms with E-state index in [4.69, 9.17) is 9.47 Å². The first kappa shape index (κ1) is 15.8. The summed E-state index contributed by atoms with van der Waals surface area (Å²) in [5, 5.41) is 10.4. The topological polar surface area (TPSA) is 41.9 Å². The zero-order valence-corrected chi connectivity index (χ0v) is 13.7. The van der Waals surface area contributed by atoms with Crippen LogP contribution in [0.15, 0.2) is 36.4 Å². The monoisotopic (exact) mass is 313 g/mol.